The van der Waals surface area contributed by atoms with Crippen LogP contribution in [-0.4, -0.2) is 18.5 Å². The van der Waals surface area contributed by atoms with Crippen molar-refractivity contribution in [1.82, 2.24) is 5.32 Å². The van der Waals surface area contributed by atoms with Crippen LogP contribution in [0.5, 0.6) is 0 Å². The molecule has 0 aromatic heterocycles. The lowest BCUT2D eigenvalue weighted by Gasteiger charge is -1.98. The van der Waals surface area contributed by atoms with Gasteiger partial charge in [0.15, 0.2) is 0 Å². The molecule has 1 rings (SSSR count). The standard InChI is InChI=1S/C11H15N3O2/c1-13-7-3-2-4-9-5-6-10(12)11(8-9)14(15)16/h2,4-6,8,13H,3,7,12H2,1H3. The molecule has 86 valence electrons. The first-order chi connectivity index (χ1) is 7.65. The zero-order valence-electron chi connectivity index (χ0n) is 9.14. The summed E-state index contributed by atoms with van der Waals surface area (Å²) in [5.41, 5.74) is 6.43. The van der Waals surface area contributed by atoms with Crippen molar-refractivity contribution >= 4 is 17.5 Å². The Morgan fingerprint density at radius 3 is 2.94 bits per heavy atom. The molecule has 0 aliphatic rings. The third-order valence-corrected chi connectivity index (χ3v) is 2.12. The van der Waals surface area contributed by atoms with E-state index in [1.54, 1.807) is 12.1 Å². The first-order valence-corrected chi connectivity index (χ1v) is 5.00. The molecule has 0 unspecified atom stereocenters. The molecule has 0 heterocycles. The summed E-state index contributed by atoms with van der Waals surface area (Å²) < 4.78 is 0. The van der Waals surface area contributed by atoms with Crippen LogP contribution in [0, 0.1) is 10.1 Å². The van der Waals surface area contributed by atoms with Gasteiger partial charge < -0.3 is 11.1 Å². The fraction of sp³-hybridized carbons (Fsp3) is 0.273. The maximum atomic E-state index is 10.6. The zero-order valence-corrected chi connectivity index (χ0v) is 9.14. The first kappa shape index (κ1) is 12.2. The molecule has 0 aliphatic heterocycles. The molecule has 0 spiro atoms. The lowest BCUT2D eigenvalue weighted by Crippen LogP contribution is -2.05. The van der Waals surface area contributed by atoms with Gasteiger partial charge in [0.25, 0.3) is 5.69 Å². The molecule has 0 radical (unpaired) electrons. The van der Waals surface area contributed by atoms with Crippen LogP contribution in [0.3, 0.4) is 0 Å². The molecule has 0 fully saturated rings. The molecule has 0 amide bonds. The van der Waals surface area contributed by atoms with Crippen molar-refractivity contribution < 1.29 is 4.92 Å². The van der Waals surface area contributed by atoms with Gasteiger partial charge in [-0.15, -0.1) is 0 Å². The number of nitro groups is 1. The van der Waals surface area contributed by atoms with Crippen LogP contribution in [0.4, 0.5) is 11.4 Å². The third kappa shape index (κ3) is 3.36. The van der Waals surface area contributed by atoms with Crippen LogP contribution >= 0.6 is 0 Å². The van der Waals surface area contributed by atoms with E-state index in [-0.39, 0.29) is 11.4 Å². The molecule has 5 heteroatoms. The number of nitrogens with one attached hydrogen (secondary N) is 1. The predicted octanol–water partition coefficient (Wildman–Crippen LogP) is 1.80. The number of benzene rings is 1. The van der Waals surface area contributed by atoms with Gasteiger partial charge in [-0.3, -0.25) is 10.1 Å². The second-order valence-electron chi connectivity index (χ2n) is 3.37. The molecule has 0 bridgehead atoms. The fourth-order valence-corrected chi connectivity index (χ4v) is 1.27. The van der Waals surface area contributed by atoms with Gasteiger partial charge in [0.05, 0.1) is 4.92 Å². The topological polar surface area (TPSA) is 81.2 Å². The Hall–Kier alpha value is -1.88. The number of hydrogen-bond donors (Lipinski definition) is 2. The fourth-order valence-electron chi connectivity index (χ4n) is 1.27. The first-order valence-electron chi connectivity index (χ1n) is 5.00. The molecule has 16 heavy (non-hydrogen) atoms. The van der Waals surface area contributed by atoms with Crippen LogP contribution < -0.4 is 11.1 Å². The zero-order chi connectivity index (χ0) is 12.0. The average molecular weight is 221 g/mol. The van der Waals surface area contributed by atoms with Crippen LogP contribution in [0.1, 0.15) is 12.0 Å². The van der Waals surface area contributed by atoms with Crippen molar-refractivity contribution in [3.63, 3.8) is 0 Å². The monoisotopic (exact) mass is 221 g/mol. The summed E-state index contributed by atoms with van der Waals surface area (Å²) in [6, 6.07) is 4.79. The summed E-state index contributed by atoms with van der Waals surface area (Å²) >= 11 is 0. The Labute approximate surface area is 94.1 Å². The van der Waals surface area contributed by atoms with Crippen LogP contribution in [-0.2, 0) is 0 Å². The van der Waals surface area contributed by atoms with E-state index in [0.717, 1.165) is 18.5 Å². The van der Waals surface area contributed by atoms with E-state index < -0.39 is 4.92 Å². The second-order valence-corrected chi connectivity index (χ2v) is 3.37. The van der Waals surface area contributed by atoms with Crippen LogP contribution in [0.25, 0.3) is 6.08 Å². The average Bonchev–Trinajstić information content (AvgIpc) is 2.26. The van der Waals surface area contributed by atoms with E-state index in [1.165, 1.54) is 6.07 Å². The van der Waals surface area contributed by atoms with Gasteiger partial charge in [0, 0.05) is 6.07 Å². The Kier molecular flexibility index (Phi) is 4.47. The van der Waals surface area contributed by atoms with Crippen LogP contribution in [0.15, 0.2) is 24.3 Å². The Morgan fingerprint density at radius 1 is 1.56 bits per heavy atom. The largest absolute Gasteiger partial charge is 0.393 e. The van der Waals surface area contributed by atoms with Gasteiger partial charge >= 0.3 is 0 Å². The van der Waals surface area contributed by atoms with E-state index in [4.69, 9.17) is 5.73 Å². The smallest absolute Gasteiger partial charge is 0.292 e. The van der Waals surface area contributed by atoms with Crippen molar-refractivity contribution in [3.05, 3.63) is 40.0 Å². The van der Waals surface area contributed by atoms with Crippen molar-refractivity contribution in [3.8, 4) is 0 Å². The molecule has 3 N–H and O–H groups in total. The maximum Gasteiger partial charge on any atom is 0.292 e. The van der Waals surface area contributed by atoms with Gasteiger partial charge in [-0.1, -0.05) is 18.2 Å². The summed E-state index contributed by atoms with van der Waals surface area (Å²) in [5, 5.41) is 13.7. The number of nitrogens with zero attached hydrogens (tertiary/aromatic N) is 1. The van der Waals surface area contributed by atoms with Crippen molar-refractivity contribution in [2.75, 3.05) is 19.3 Å². The lowest BCUT2D eigenvalue weighted by atomic mass is 10.1. The van der Waals surface area contributed by atoms with E-state index in [1.807, 2.05) is 19.2 Å². The van der Waals surface area contributed by atoms with Crippen molar-refractivity contribution in [2.24, 2.45) is 0 Å². The number of nitrogens with two attached hydrogens (primary N) is 1. The second kappa shape index (κ2) is 5.87. The summed E-state index contributed by atoms with van der Waals surface area (Å²) in [6.07, 6.45) is 4.70. The summed E-state index contributed by atoms with van der Waals surface area (Å²) in [6.45, 7) is 0.883. The van der Waals surface area contributed by atoms with Gasteiger partial charge in [-0.2, -0.15) is 0 Å². The molecule has 0 saturated carbocycles. The van der Waals surface area contributed by atoms with Crippen molar-refractivity contribution in [2.45, 2.75) is 6.42 Å². The molecular weight excluding hydrogens is 206 g/mol. The van der Waals surface area contributed by atoms with E-state index >= 15 is 0 Å². The van der Waals surface area contributed by atoms with E-state index in [2.05, 4.69) is 5.32 Å². The Morgan fingerprint density at radius 2 is 2.31 bits per heavy atom. The molecular formula is C11H15N3O2. The quantitative estimate of drug-likeness (QED) is 0.344. The van der Waals surface area contributed by atoms with Crippen molar-refractivity contribution in [1.29, 1.82) is 0 Å². The number of nitro benzene ring substituents is 1. The lowest BCUT2D eigenvalue weighted by molar-refractivity contribution is -0.383. The van der Waals surface area contributed by atoms with E-state index in [0.29, 0.717) is 0 Å². The highest BCUT2D eigenvalue weighted by molar-refractivity contribution is 5.64. The highest BCUT2D eigenvalue weighted by Crippen LogP contribution is 2.22. The predicted molar refractivity (Wildman–Crippen MR) is 65.1 cm³/mol. The molecule has 0 atom stereocenters. The van der Waals surface area contributed by atoms with Gasteiger partial charge in [-0.05, 0) is 31.6 Å². The summed E-state index contributed by atoms with van der Waals surface area (Å²) in [7, 11) is 1.88. The number of hydrogen-bond acceptors (Lipinski definition) is 4. The minimum atomic E-state index is -0.472. The normalized spacial score (nSPS) is 10.8. The number of anilines is 1. The molecule has 0 saturated heterocycles. The minimum Gasteiger partial charge on any atom is -0.393 e. The number of nitrogen functional groups attached to an aromatic ring is 1. The maximum absolute atomic E-state index is 10.6. The summed E-state index contributed by atoms with van der Waals surface area (Å²) in [4.78, 5) is 10.2. The Balaban J connectivity index is 2.78. The highest BCUT2D eigenvalue weighted by Gasteiger charge is 2.10. The van der Waals surface area contributed by atoms with Gasteiger partial charge in [0.2, 0.25) is 0 Å². The molecule has 5 nitrogen and oxygen atoms in total. The van der Waals surface area contributed by atoms with Crippen LogP contribution in [0.2, 0.25) is 0 Å². The SMILES string of the molecule is CNCCC=Cc1ccc(N)c([N+](=O)[O-])c1. The Bertz CT molecular complexity index is 402. The minimum absolute atomic E-state index is 0.0456. The number of rotatable bonds is 5. The third-order valence-electron chi connectivity index (χ3n) is 2.12. The molecule has 1 aromatic carbocycles. The molecule has 1 aromatic rings. The molecule has 0 aliphatic carbocycles. The van der Waals surface area contributed by atoms with Gasteiger partial charge in [0.1, 0.15) is 5.69 Å². The van der Waals surface area contributed by atoms with E-state index in [9.17, 15) is 10.1 Å². The summed E-state index contributed by atoms with van der Waals surface area (Å²) in [5.74, 6) is 0. The van der Waals surface area contributed by atoms with Gasteiger partial charge in [-0.25, -0.2) is 0 Å². The highest BCUT2D eigenvalue weighted by atomic mass is 16.6.